The topological polar surface area (TPSA) is 73.1 Å². The molecule has 2 aromatic rings. The SMILES string of the molecule is COc1cccc(-c2cnc(N)nc2[C@@H]2CCCN2)c1. The molecule has 1 fully saturated rings. The molecule has 1 aromatic heterocycles. The van der Waals surface area contributed by atoms with Gasteiger partial charge < -0.3 is 15.8 Å². The lowest BCUT2D eigenvalue weighted by Crippen LogP contribution is -2.16. The number of hydrogen-bond acceptors (Lipinski definition) is 5. The van der Waals surface area contributed by atoms with Crippen LogP contribution in [0.5, 0.6) is 5.75 Å². The maximum absolute atomic E-state index is 5.75. The Hall–Kier alpha value is -2.14. The van der Waals surface area contributed by atoms with Crippen molar-refractivity contribution in [2.45, 2.75) is 18.9 Å². The van der Waals surface area contributed by atoms with Crippen LogP contribution in [0.4, 0.5) is 5.95 Å². The molecule has 0 bridgehead atoms. The summed E-state index contributed by atoms with van der Waals surface area (Å²) < 4.78 is 5.28. The molecule has 2 heterocycles. The maximum atomic E-state index is 5.75. The maximum Gasteiger partial charge on any atom is 0.220 e. The van der Waals surface area contributed by atoms with E-state index in [-0.39, 0.29) is 6.04 Å². The molecule has 1 saturated heterocycles. The van der Waals surface area contributed by atoms with Gasteiger partial charge in [0.2, 0.25) is 5.95 Å². The van der Waals surface area contributed by atoms with E-state index in [0.717, 1.165) is 42.0 Å². The lowest BCUT2D eigenvalue weighted by molar-refractivity contribution is 0.415. The Morgan fingerprint density at radius 2 is 2.30 bits per heavy atom. The first-order valence-electron chi connectivity index (χ1n) is 6.78. The first-order valence-corrected chi connectivity index (χ1v) is 6.78. The minimum absolute atomic E-state index is 0.251. The Morgan fingerprint density at radius 3 is 3.05 bits per heavy atom. The average Bonchev–Trinajstić information content (AvgIpc) is 3.01. The van der Waals surface area contributed by atoms with Gasteiger partial charge in [0.15, 0.2) is 0 Å². The molecule has 0 saturated carbocycles. The van der Waals surface area contributed by atoms with E-state index in [1.807, 2.05) is 24.3 Å². The third kappa shape index (κ3) is 2.44. The van der Waals surface area contributed by atoms with E-state index in [1.54, 1.807) is 13.3 Å². The minimum Gasteiger partial charge on any atom is -0.497 e. The molecule has 5 heteroatoms. The number of ether oxygens (including phenoxy) is 1. The van der Waals surface area contributed by atoms with Gasteiger partial charge in [-0.2, -0.15) is 0 Å². The number of hydrogen-bond donors (Lipinski definition) is 2. The second kappa shape index (κ2) is 5.46. The Kier molecular flexibility index (Phi) is 3.52. The minimum atomic E-state index is 0.251. The lowest BCUT2D eigenvalue weighted by atomic mass is 10.0. The molecule has 1 atom stereocenters. The molecule has 0 amide bonds. The van der Waals surface area contributed by atoms with Crippen molar-refractivity contribution in [3.05, 3.63) is 36.2 Å². The molecule has 3 rings (SSSR count). The van der Waals surface area contributed by atoms with Gasteiger partial charge in [0.25, 0.3) is 0 Å². The Balaban J connectivity index is 2.07. The molecule has 1 aliphatic heterocycles. The molecule has 20 heavy (non-hydrogen) atoms. The lowest BCUT2D eigenvalue weighted by Gasteiger charge is -2.15. The molecular weight excluding hydrogens is 252 g/mol. The number of nitrogens with zero attached hydrogens (tertiary/aromatic N) is 2. The standard InChI is InChI=1S/C15H18N4O/c1-20-11-5-2-4-10(8-11)12-9-18-15(16)19-14(12)13-6-3-7-17-13/h2,4-5,8-9,13,17H,3,6-7H2,1H3,(H2,16,18,19)/t13-/m0/s1. The fraction of sp³-hybridized carbons (Fsp3) is 0.333. The van der Waals surface area contributed by atoms with Crippen LogP contribution in [-0.2, 0) is 0 Å². The van der Waals surface area contributed by atoms with Crippen molar-refractivity contribution < 1.29 is 4.74 Å². The molecule has 0 aliphatic carbocycles. The summed E-state index contributed by atoms with van der Waals surface area (Å²) in [5, 5.41) is 3.46. The fourth-order valence-electron chi connectivity index (χ4n) is 2.61. The van der Waals surface area contributed by atoms with Crippen LogP contribution < -0.4 is 15.8 Å². The molecule has 0 spiro atoms. The quantitative estimate of drug-likeness (QED) is 0.894. The third-order valence-electron chi connectivity index (χ3n) is 3.61. The van der Waals surface area contributed by atoms with E-state index >= 15 is 0 Å². The van der Waals surface area contributed by atoms with Gasteiger partial charge in [-0.15, -0.1) is 0 Å². The number of nitrogens with one attached hydrogen (secondary N) is 1. The predicted octanol–water partition coefficient (Wildman–Crippen LogP) is 2.16. The van der Waals surface area contributed by atoms with Crippen molar-refractivity contribution >= 4 is 5.95 Å². The van der Waals surface area contributed by atoms with Gasteiger partial charge >= 0.3 is 0 Å². The van der Waals surface area contributed by atoms with Gasteiger partial charge in [0.1, 0.15) is 5.75 Å². The largest absolute Gasteiger partial charge is 0.497 e. The molecular formula is C15H18N4O. The Morgan fingerprint density at radius 1 is 1.40 bits per heavy atom. The molecule has 0 unspecified atom stereocenters. The van der Waals surface area contributed by atoms with Gasteiger partial charge in [-0.1, -0.05) is 12.1 Å². The zero-order chi connectivity index (χ0) is 13.9. The van der Waals surface area contributed by atoms with Crippen LogP contribution in [-0.4, -0.2) is 23.6 Å². The number of benzene rings is 1. The van der Waals surface area contributed by atoms with Crippen LogP contribution in [0.15, 0.2) is 30.5 Å². The van der Waals surface area contributed by atoms with Gasteiger partial charge in [0, 0.05) is 11.8 Å². The molecule has 3 N–H and O–H groups in total. The van der Waals surface area contributed by atoms with E-state index in [0.29, 0.717) is 5.95 Å². The van der Waals surface area contributed by atoms with Crippen LogP contribution in [0.1, 0.15) is 24.6 Å². The summed E-state index contributed by atoms with van der Waals surface area (Å²) in [7, 11) is 1.66. The molecule has 1 aliphatic rings. The van der Waals surface area contributed by atoms with Crippen molar-refractivity contribution in [1.82, 2.24) is 15.3 Å². The van der Waals surface area contributed by atoms with E-state index in [1.165, 1.54) is 0 Å². The monoisotopic (exact) mass is 270 g/mol. The smallest absolute Gasteiger partial charge is 0.220 e. The van der Waals surface area contributed by atoms with Crippen LogP contribution in [0, 0.1) is 0 Å². The highest BCUT2D eigenvalue weighted by Crippen LogP contribution is 2.32. The van der Waals surface area contributed by atoms with E-state index in [9.17, 15) is 0 Å². The van der Waals surface area contributed by atoms with Gasteiger partial charge in [-0.25, -0.2) is 9.97 Å². The third-order valence-corrected chi connectivity index (χ3v) is 3.61. The summed E-state index contributed by atoms with van der Waals surface area (Å²) >= 11 is 0. The molecule has 5 nitrogen and oxygen atoms in total. The normalized spacial score (nSPS) is 18.1. The highest BCUT2D eigenvalue weighted by molar-refractivity contribution is 5.67. The highest BCUT2D eigenvalue weighted by Gasteiger charge is 2.22. The summed E-state index contributed by atoms with van der Waals surface area (Å²) in [5.74, 6) is 1.14. The van der Waals surface area contributed by atoms with E-state index < -0.39 is 0 Å². The summed E-state index contributed by atoms with van der Waals surface area (Å²) in [6.07, 6.45) is 4.03. The molecule has 0 radical (unpaired) electrons. The summed E-state index contributed by atoms with van der Waals surface area (Å²) in [4.78, 5) is 8.59. The number of aromatic nitrogens is 2. The summed E-state index contributed by atoms with van der Waals surface area (Å²) in [6, 6.07) is 8.18. The zero-order valence-electron chi connectivity index (χ0n) is 11.5. The average molecular weight is 270 g/mol. The Labute approximate surface area is 118 Å². The van der Waals surface area contributed by atoms with Crippen molar-refractivity contribution in [3.8, 4) is 16.9 Å². The van der Waals surface area contributed by atoms with Crippen molar-refractivity contribution in [3.63, 3.8) is 0 Å². The number of nitrogens with two attached hydrogens (primary N) is 1. The van der Waals surface area contributed by atoms with Crippen LogP contribution in [0.2, 0.25) is 0 Å². The first kappa shape index (κ1) is 12.9. The zero-order valence-corrected chi connectivity index (χ0v) is 11.5. The van der Waals surface area contributed by atoms with Gasteiger partial charge in [-0.05, 0) is 37.1 Å². The van der Waals surface area contributed by atoms with Crippen molar-refractivity contribution in [2.75, 3.05) is 19.4 Å². The van der Waals surface area contributed by atoms with E-state index in [2.05, 4.69) is 15.3 Å². The second-order valence-electron chi connectivity index (χ2n) is 4.91. The summed E-state index contributed by atoms with van der Waals surface area (Å²) in [5.41, 5.74) is 8.79. The Bertz CT molecular complexity index is 609. The van der Waals surface area contributed by atoms with Gasteiger partial charge in [0.05, 0.1) is 18.8 Å². The molecule has 1 aromatic carbocycles. The van der Waals surface area contributed by atoms with Gasteiger partial charge in [-0.3, -0.25) is 0 Å². The summed E-state index contributed by atoms with van der Waals surface area (Å²) in [6.45, 7) is 1.02. The van der Waals surface area contributed by atoms with Crippen LogP contribution in [0.25, 0.3) is 11.1 Å². The van der Waals surface area contributed by atoms with Crippen molar-refractivity contribution in [1.29, 1.82) is 0 Å². The highest BCUT2D eigenvalue weighted by atomic mass is 16.5. The van der Waals surface area contributed by atoms with E-state index in [4.69, 9.17) is 10.5 Å². The second-order valence-corrected chi connectivity index (χ2v) is 4.91. The number of nitrogen functional groups attached to an aromatic ring is 1. The van der Waals surface area contributed by atoms with Crippen molar-refractivity contribution in [2.24, 2.45) is 0 Å². The molecule has 104 valence electrons. The van der Waals surface area contributed by atoms with Crippen LogP contribution in [0.3, 0.4) is 0 Å². The fourth-order valence-corrected chi connectivity index (χ4v) is 2.61. The van der Waals surface area contributed by atoms with Crippen LogP contribution >= 0.6 is 0 Å². The number of methoxy groups -OCH3 is 1. The number of rotatable bonds is 3. The predicted molar refractivity (Wildman–Crippen MR) is 78.4 cm³/mol. The first-order chi connectivity index (χ1) is 9.78. The number of anilines is 1.